The molecule has 9 heteroatoms. The smallest absolute Gasteiger partial charge is 0.414 e. The van der Waals surface area contributed by atoms with E-state index in [0.717, 1.165) is 13.0 Å². The summed E-state index contributed by atoms with van der Waals surface area (Å²) in [4.78, 5) is 30.6. The molecule has 180 valence electrons. The maximum atomic E-state index is 12.4. The first kappa shape index (κ1) is 27.8. The molecule has 2 aromatic carbocycles. The summed E-state index contributed by atoms with van der Waals surface area (Å²) in [6, 6.07) is 16.1. The molecule has 0 bridgehead atoms. The van der Waals surface area contributed by atoms with Crippen LogP contribution in [0.1, 0.15) is 36.2 Å². The van der Waals surface area contributed by atoms with E-state index in [-0.39, 0.29) is 18.5 Å². The Morgan fingerprint density at radius 1 is 0.909 bits per heavy atom. The molecule has 0 aliphatic heterocycles. The van der Waals surface area contributed by atoms with Gasteiger partial charge in [-0.25, -0.2) is 9.59 Å². The minimum Gasteiger partial charge on any atom is -0.491 e. The van der Waals surface area contributed by atoms with Gasteiger partial charge < -0.3 is 30.1 Å². The van der Waals surface area contributed by atoms with Crippen molar-refractivity contribution in [3.05, 3.63) is 65.7 Å². The van der Waals surface area contributed by atoms with E-state index in [1.54, 1.807) is 36.4 Å². The van der Waals surface area contributed by atoms with Gasteiger partial charge in [0.25, 0.3) is 0 Å². The lowest BCUT2D eigenvalue weighted by Gasteiger charge is -2.14. The quantitative estimate of drug-likeness (QED) is 0.213. The second-order valence-corrected chi connectivity index (χ2v) is 7.27. The van der Waals surface area contributed by atoms with Crippen LogP contribution < -0.4 is 10.1 Å². The molecule has 0 heterocycles. The van der Waals surface area contributed by atoms with Crippen LogP contribution in [0.5, 0.6) is 5.75 Å². The second kappa shape index (κ2) is 15.5. The first-order valence-corrected chi connectivity index (χ1v) is 10.5. The van der Waals surface area contributed by atoms with Crippen LogP contribution in [0.4, 0.5) is 0 Å². The van der Waals surface area contributed by atoms with Crippen LogP contribution in [0.3, 0.4) is 0 Å². The Balaban J connectivity index is 0.000000801. The van der Waals surface area contributed by atoms with Gasteiger partial charge in [0.15, 0.2) is 5.78 Å². The zero-order valence-corrected chi connectivity index (χ0v) is 18.8. The van der Waals surface area contributed by atoms with Crippen LogP contribution in [-0.2, 0) is 14.3 Å². The third kappa shape index (κ3) is 12.4. The number of carboxylic acids is 2. The maximum absolute atomic E-state index is 12.4. The van der Waals surface area contributed by atoms with Gasteiger partial charge in [0.2, 0.25) is 0 Å². The van der Waals surface area contributed by atoms with E-state index < -0.39 is 18.0 Å². The number of aliphatic carboxylic acids is 2. The number of aliphatic hydroxyl groups is 1. The molecule has 0 aromatic heterocycles. The average molecular weight is 462 g/mol. The number of hydrogen-bond acceptors (Lipinski definition) is 7. The molecule has 4 N–H and O–H groups in total. The lowest BCUT2D eigenvalue weighted by molar-refractivity contribution is -0.159. The number of aliphatic hydroxyl groups excluding tert-OH is 1. The van der Waals surface area contributed by atoms with E-state index >= 15 is 0 Å². The van der Waals surface area contributed by atoms with Gasteiger partial charge >= 0.3 is 11.9 Å². The Labute approximate surface area is 193 Å². The Morgan fingerprint density at radius 2 is 1.48 bits per heavy atom. The predicted octanol–water partition coefficient (Wildman–Crippen LogP) is 2.22. The number of ether oxygens (including phenoxy) is 2. The summed E-state index contributed by atoms with van der Waals surface area (Å²) in [7, 11) is 0. The summed E-state index contributed by atoms with van der Waals surface area (Å²) < 4.78 is 11.0. The van der Waals surface area contributed by atoms with Crippen molar-refractivity contribution in [3.8, 4) is 5.75 Å². The molecule has 0 aliphatic rings. The number of carboxylic acid groups (broad SMARTS) is 2. The monoisotopic (exact) mass is 461 g/mol. The molecule has 33 heavy (non-hydrogen) atoms. The number of benzene rings is 2. The van der Waals surface area contributed by atoms with E-state index in [1.807, 2.05) is 32.0 Å². The van der Waals surface area contributed by atoms with Crippen molar-refractivity contribution in [3.63, 3.8) is 0 Å². The van der Waals surface area contributed by atoms with Crippen molar-refractivity contribution in [2.45, 2.75) is 32.5 Å². The van der Waals surface area contributed by atoms with Gasteiger partial charge in [0.1, 0.15) is 18.5 Å². The second-order valence-electron chi connectivity index (χ2n) is 7.27. The van der Waals surface area contributed by atoms with Crippen LogP contribution in [-0.4, -0.2) is 71.6 Å². The highest BCUT2D eigenvalue weighted by atomic mass is 16.5. The number of nitrogens with one attached hydrogen (secondary N) is 1. The predicted molar refractivity (Wildman–Crippen MR) is 122 cm³/mol. The molecule has 1 atom stereocenters. The number of rotatable bonds is 12. The van der Waals surface area contributed by atoms with Crippen molar-refractivity contribution in [1.29, 1.82) is 0 Å². The molecular weight excluding hydrogens is 430 g/mol. The van der Waals surface area contributed by atoms with Crippen molar-refractivity contribution in [1.82, 2.24) is 5.32 Å². The van der Waals surface area contributed by atoms with Crippen molar-refractivity contribution in [2.75, 3.05) is 26.3 Å². The van der Waals surface area contributed by atoms with E-state index in [9.17, 15) is 9.90 Å². The standard InChI is InChI=1S/C22H29NO4.C2H2O4/c1-17(2)26-14-6-13-23-15-20(24)16-27-21-11-9-19(10-12-21)22(25)18-7-4-3-5-8-18;3-1(4)2(5)6/h3-5,7-12,17,20,23-24H,6,13-16H2,1-2H3;(H,3,4)(H,5,6). The summed E-state index contributed by atoms with van der Waals surface area (Å²) in [5, 5.41) is 27.9. The number of hydrogen-bond donors (Lipinski definition) is 4. The first-order chi connectivity index (χ1) is 15.7. The van der Waals surface area contributed by atoms with E-state index in [1.165, 1.54) is 0 Å². The zero-order chi connectivity index (χ0) is 24.6. The van der Waals surface area contributed by atoms with Gasteiger partial charge in [-0.3, -0.25) is 4.79 Å². The molecule has 0 saturated carbocycles. The Kier molecular flexibility index (Phi) is 13.1. The largest absolute Gasteiger partial charge is 0.491 e. The van der Waals surface area contributed by atoms with Crippen molar-refractivity contribution in [2.24, 2.45) is 0 Å². The van der Waals surface area contributed by atoms with Gasteiger partial charge in [0, 0.05) is 24.3 Å². The van der Waals surface area contributed by atoms with Gasteiger partial charge in [-0.15, -0.1) is 0 Å². The summed E-state index contributed by atoms with van der Waals surface area (Å²) >= 11 is 0. The summed E-state index contributed by atoms with van der Waals surface area (Å²) in [6.07, 6.45) is 0.558. The lowest BCUT2D eigenvalue weighted by Crippen LogP contribution is -2.32. The molecule has 9 nitrogen and oxygen atoms in total. The fraction of sp³-hybridized carbons (Fsp3) is 0.375. The molecule has 0 amide bonds. The SMILES string of the molecule is CC(C)OCCCNCC(O)COc1ccc(C(=O)c2ccccc2)cc1.O=C(O)C(=O)O. The summed E-state index contributed by atoms with van der Waals surface area (Å²) in [5.41, 5.74) is 1.27. The van der Waals surface area contributed by atoms with E-state index in [2.05, 4.69) is 5.32 Å². The Morgan fingerprint density at radius 3 is 2.03 bits per heavy atom. The third-order valence-corrected chi connectivity index (χ3v) is 4.11. The minimum absolute atomic E-state index is 0.0205. The summed E-state index contributed by atoms with van der Waals surface area (Å²) in [6.45, 7) is 6.19. The molecule has 0 spiro atoms. The van der Waals surface area contributed by atoms with Crippen LogP contribution in [0, 0.1) is 0 Å². The molecule has 0 radical (unpaired) electrons. The number of ketones is 1. The van der Waals surface area contributed by atoms with Crippen LogP contribution in [0.15, 0.2) is 54.6 Å². The fourth-order valence-electron chi connectivity index (χ4n) is 2.49. The van der Waals surface area contributed by atoms with Gasteiger partial charge in [-0.05, 0) is 51.1 Å². The van der Waals surface area contributed by atoms with Crippen LogP contribution in [0.2, 0.25) is 0 Å². The Bertz CT molecular complexity index is 841. The van der Waals surface area contributed by atoms with Crippen molar-refractivity contribution < 1.29 is 39.2 Å². The lowest BCUT2D eigenvalue weighted by atomic mass is 10.0. The molecule has 2 rings (SSSR count). The molecule has 2 aromatic rings. The molecule has 0 aliphatic carbocycles. The van der Waals surface area contributed by atoms with Crippen LogP contribution >= 0.6 is 0 Å². The van der Waals surface area contributed by atoms with E-state index in [0.29, 0.717) is 30.0 Å². The molecule has 0 saturated heterocycles. The van der Waals surface area contributed by atoms with Gasteiger partial charge in [-0.1, -0.05) is 30.3 Å². The Hall–Kier alpha value is -3.27. The molecule has 0 fully saturated rings. The van der Waals surface area contributed by atoms with E-state index in [4.69, 9.17) is 29.3 Å². The van der Waals surface area contributed by atoms with Gasteiger partial charge in [-0.2, -0.15) is 0 Å². The third-order valence-electron chi connectivity index (χ3n) is 4.11. The molecular formula is C24H31NO8. The number of carbonyl (C=O) groups is 3. The average Bonchev–Trinajstić information content (AvgIpc) is 2.80. The highest BCUT2D eigenvalue weighted by molar-refractivity contribution is 6.27. The van der Waals surface area contributed by atoms with Gasteiger partial charge in [0.05, 0.1) is 6.10 Å². The highest BCUT2D eigenvalue weighted by Gasteiger charge is 2.09. The maximum Gasteiger partial charge on any atom is 0.414 e. The zero-order valence-electron chi connectivity index (χ0n) is 18.8. The van der Waals surface area contributed by atoms with Crippen LogP contribution in [0.25, 0.3) is 0 Å². The summed E-state index contributed by atoms with van der Waals surface area (Å²) in [5.74, 6) is -3.04. The highest BCUT2D eigenvalue weighted by Crippen LogP contribution is 2.15. The fourth-order valence-corrected chi connectivity index (χ4v) is 2.49. The number of carbonyl (C=O) groups excluding carboxylic acids is 1. The first-order valence-electron chi connectivity index (χ1n) is 10.5. The topological polar surface area (TPSA) is 142 Å². The molecule has 1 unspecified atom stereocenters. The normalized spacial score (nSPS) is 11.3. The van der Waals surface area contributed by atoms with Crippen molar-refractivity contribution >= 4 is 17.7 Å². The minimum atomic E-state index is -1.82.